The van der Waals surface area contributed by atoms with Crippen molar-refractivity contribution in [2.45, 2.75) is 11.4 Å². The third-order valence-corrected chi connectivity index (χ3v) is 6.54. The van der Waals surface area contributed by atoms with Gasteiger partial charge in [0.2, 0.25) is 0 Å². The monoisotopic (exact) mass is 447 g/mol. The van der Waals surface area contributed by atoms with Crippen molar-refractivity contribution in [1.82, 2.24) is 0 Å². The summed E-state index contributed by atoms with van der Waals surface area (Å²) in [5.74, 6) is 1.65. The second-order valence-corrected chi connectivity index (χ2v) is 8.66. The standard InChI is InChI=1S/C22H22ClNO5S/c1-27-19-8-10-20(11-9-19)30(25,26)24(18-6-4-5-17(23)14-18)15-16-7-12-21(28-2)22(13-16)29-3/h4-14H,15H2,1-3H3. The Kier molecular flexibility index (Phi) is 6.74. The smallest absolute Gasteiger partial charge is 0.264 e. The van der Waals surface area contributed by atoms with E-state index in [0.717, 1.165) is 5.56 Å². The Morgan fingerprint density at radius 1 is 0.833 bits per heavy atom. The molecule has 0 heterocycles. The zero-order valence-corrected chi connectivity index (χ0v) is 18.4. The van der Waals surface area contributed by atoms with Crippen molar-refractivity contribution in [3.05, 3.63) is 77.3 Å². The van der Waals surface area contributed by atoms with E-state index in [9.17, 15) is 8.42 Å². The van der Waals surface area contributed by atoms with Gasteiger partial charge in [-0.25, -0.2) is 8.42 Å². The fourth-order valence-corrected chi connectivity index (χ4v) is 4.60. The maximum absolute atomic E-state index is 13.5. The van der Waals surface area contributed by atoms with E-state index in [4.69, 9.17) is 25.8 Å². The summed E-state index contributed by atoms with van der Waals surface area (Å²) in [6.45, 7) is 0.0784. The molecule has 6 nitrogen and oxygen atoms in total. The Labute approximate surface area is 181 Å². The fraction of sp³-hybridized carbons (Fsp3) is 0.182. The zero-order chi connectivity index (χ0) is 21.7. The van der Waals surface area contributed by atoms with Crippen LogP contribution in [0.4, 0.5) is 5.69 Å². The van der Waals surface area contributed by atoms with Crippen LogP contribution in [0.1, 0.15) is 5.56 Å². The molecule has 0 saturated carbocycles. The molecule has 0 aromatic heterocycles. The van der Waals surface area contributed by atoms with Gasteiger partial charge in [-0.2, -0.15) is 0 Å². The van der Waals surface area contributed by atoms with Crippen LogP contribution in [0, 0.1) is 0 Å². The minimum absolute atomic E-state index is 0.0784. The van der Waals surface area contributed by atoms with E-state index < -0.39 is 10.0 Å². The molecule has 0 saturated heterocycles. The van der Waals surface area contributed by atoms with Gasteiger partial charge in [0.05, 0.1) is 38.5 Å². The van der Waals surface area contributed by atoms with Gasteiger partial charge in [-0.05, 0) is 60.2 Å². The molecule has 0 spiro atoms. The second-order valence-electron chi connectivity index (χ2n) is 6.36. The highest BCUT2D eigenvalue weighted by molar-refractivity contribution is 7.92. The first-order chi connectivity index (χ1) is 14.4. The number of methoxy groups -OCH3 is 3. The van der Waals surface area contributed by atoms with Gasteiger partial charge in [0.1, 0.15) is 5.75 Å². The van der Waals surface area contributed by atoms with Gasteiger partial charge in [0.15, 0.2) is 11.5 Å². The minimum Gasteiger partial charge on any atom is -0.497 e. The topological polar surface area (TPSA) is 65.1 Å². The summed E-state index contributed by atoms with van der Waals surface area (Å²) < 4.78 is 44.1. The van der Waals surface area contributed by atoms with Gasteiger partial charge in [-0.1, -0.05) is 23.7 Å². The lowest BCUT2D eigenvalue weighted by Crippen LogP contribution is -2.30. The Hall–Kier alpha value is -2.90. The van der Waals surface area contributed by atoms with Crippen molar-refractivity contribution in [3.63, 3.8) is 0 Å². The van der Waals surface area contributed by atoms with E-state index in [0.29, 0.717) is 28.0 Å². The van der Waals surface area contributed by atoms with E-state index in [2.05, 4.69) is 0 Å². The summed E-state index contributed by atoms with van der Waals surface area (Å²) in [6, 6.07) is 18.3. The maximum atomic E-state index is 13.5. The Balaban J connectivity index is 2.07. The van der Waals surface area contributed by atoms with Gasteiger partial charge < -0.3 is 14.2 Å². The summed E-state index contributed by atoms with van der Waals surface area (Å²) >= 11 is 6.14. The molecule has 3 aromatic rings. The highest BCUT2D eigenvalue weighted by atomic mass is 35.5. The van der Waals surface area contributed by atoms with Crippen LogP contribution in [0.15, 0.2) is 71.6 Å². The normalized spacial score (nSPS) is 11.1. The van der Waals surface area contributed by atoms with E-state index >= 15 is 0 Å². The maximum Gasteiger partial charge on any atom is 0.264 e. The Morgan fingerprint density at radius 2 is 1.53 bits per heavy atom. The Bertz CT molecular complexity index is 1120. The SMILES string of the molecule is COc1ccc(S(=O)(=O)N(Cc2ccc(OC)c(OC)c2)c2cccc(Cl)c2)cc1. The molecule has 30 heavy (non-hydrogen) atoms. The van der Waals surface area contributed by atoms with Crippen molar-refractivity contribution in [1.29, 1.82) is 0 Å². The lowest BCUT2D eigenvalue weighted by molar-refractivity contribution is 0.354. The number of sulfonamides is 1. The largest absolute Gasteiger partial charge is 0.497 e. The summed E-state index contributed by atoms with van der Waals surface area (Å²) in [5.41, 5.74) is 1.18. The molecule has 0 atom stereocenters. The zero-order valence-electron chi connectivity index (χ0n) is 16.8. The second kappa shape index (κ2) is 9.28. The first kappa shape index (κ1) is 21.8. The molecule has 158 valence electrons. The van der Waals surface area contributed by atoms with Gasteiger partial charge in [-0.15, -0.1) is 0 Å². The molecule has 0 N–H and O–H groups in total. The molecular formula is C22H22ClNO5S. The van der Waals surface area contributed by atoms with Gasteiger partial charge in [0, 0.05) is 5.02 Å². The summed E-state index contributed by atoms with van der Waals surface area (Å²) in [7, 11) is 0.722. The molecule has 0 bridgehead atoms. The number of benzene rings is 3. The van der Waals surface area contributed by atoms with Crippen molar-refractivity contribution in [2.75, 3.05) is 25.6 Å². The van der Waals surface area contributed by atoms with Crippen LogP contribution in [0.2, 0.25) is 5.02 Å². The van der Waals surface area contributed by atoms with Gasteiger partial charge >= 0.3 is 0 Å². The summed E-state index contributed by atoms with van der Waals surface area (Å²) in [4.78, 5) is 0.142. The minimum atomic E-state index is -3.88. The lowest BCUT2D eigenvalue weighted by Gasteiger charge is -2.25. The molecule has 0 amide bonds. The van der Waals surface area contributed by atoms with Crippen LogP contribution in [-0.4, -0.2) is 29.7 Å². The molecular weight excluding hydrogens is 426 g/mol. The van der Waals surface area contributed by atoms with E-state index in [1.807, 2.05) is 0 Å². The lowest BCUT2D eigenvalue weighted by atomic mass is 10.2. The first-order valence-electron chi connectivity index (χ1n) is 9.02. The van der Waals surface area contributed by atoms with Crippen LogP contribution in [-0.2, 0) is 16.6 Å². The van der Waals surface area contributed by atoms with Crippen LogP contribution in [0.3, 0.4) is 0 Å². The number of ether oxygens (including phenoxy) is 3. The average Bonchev–Trinajstić information content (AvgIpc) is 2.77. The Morgan fingerprint density at radius 3 is 2.13 bits per heavy atom. The number of hydrogen-bond donors (Lipinski definition) is 0. The van der Waals surface area contributed by atoms with E-state index in [-0.39, 0.29) is 11.4 Å². The van der Waals surface area contributed by atoms with Crippen LogP contribution >= 0.6 is 11.6 Å². The number of rotatable bonds is 8. The third kappa shape index (κ3) is 4.63. The van der Waals surface area contributed by atoms with Crippen LogP contribution in [0.5, 0.6) is 17.2 Å². The van der Waals surface area contributed by atoms with Crippen LogP contribution in [0.25, 0.3) is 0 Å². The number of hydrogen-bond acceptors (Lipinski definition) is 5. The molecule has 3 aromatic carbocycles. The number of nitrogens with zero attached hydrogens (tertiary/aromatic N) is 1. The molecule has 0 aliphatic heterocycles. The van der Waals surface area contributed by atoms with Crippen LogP contribution < -0.4 is 18.5 Å². The first-order valence-corrected chi connectivity index (χ1v) is 10.8. The molecule has 0 fully saturated rings. The molecule has 0 aliphatic rings. The molecule has 3 rings (SSSR count). The quantitative estimate of drug-likeness (QED) is 0.498. The predicted octanol–water partition coefficient (Wildman–Crippen LogP) is 4.76. The van der Waals surface area contributed by atoms with E-state index in [1.54, 1.807) is 61.7 Å². The van der Waals surface area contributed by atoms with Gasteiger partial charge in [-0.3, -0.25) is 4.31 Å². The van der Waals surface area contributed by atoms with Crippen molar-refractivity contribution >= 4 is 27.3 Å². The van der Waals surface area contributed by atoms with Gasteiger partial charge in [0.25, 0.3) is 10.0 Å². The molecule has 0 aliphatic carbocycles. The predicted molar refractivity (Wildman–Crippen MR) is 117 cm³/mol. The molecule has 0 radical (unpaired) electrons. The van der Waals surface area contributed by atoms with Crippen molar-refractivity contribution in [3.8, 4) is 17.2 Å². The highest BCUT2D eigenvalue weighted by Crippen LogP contribution is 2.32. The van der Waals surface area contributed by atoms with E-state index in [1.165, 1.54) is 30.7 Å². The van der Waals surface area contributed by atoms with Crippen molar-refractivity contribution in [2.24, 2.45) is 0 Å². The highest BCUT2D eigenvalue weighted by Gasteiger charge is 2.26. The molecule has 8 heteroatoms. The third-order valence-electron chi connectivity index (χ3n) is 4.52. The summed E-state index contributed by atoms with van der Waals surface area (Å²) in [5, 5.41) is 0.440. The van der Waals surface area contributed by atoms with Crippen molar-refractivity contribution < 1.29 is 22.6 Å². The number of halogens is 1. The average molecular weight is 448 g/mol. The number of anilines is 1. The summed E-state index contributed by atoms with van der Waals surface area (Å²) in [6.07, 6.45) is 0. The fourth-order valence-electron chi connectivity index (χ4n) is 2.97. The molecule has 0 unspecified atom stereocenters.